The first-order valence-electron chi connectivity index (χ1n) is 3.00. The van der Waals surface area contributed by atoms with Gasteiger partial charge in [-0.2, -0.15) is 5.90 Å². The van der Waals surface area contributed by atoms with Crippen LogP contribution in [0.3, 0.4) is 0 Å². The van der Waals surface area contributed by atoms with Gasteiger partial charge in [0.2, 0.25) is 0 Å². The van der Waals surface area contributed by atoms with Gasteiger partial charge < -0.3 is 4.84 Å². The Kier molecular flexibility index (Phi) is 2.52. The number of hydrogen-bond donors (Lipinski definition) is 1. The second kappa shape index (κ2) is 3.69. The Morgan fingerprint density at radius 1 is 1.20 bits per heavy atom. The standard InChI is InChI=1S/C8H9NO/c9-10-7-6-8-4-2-1-3-5-8/h1-7H,9H2/b7-6+. The summed E-state index contributed by atoms with van der Waals surface area (Å²) in [6.45, 7) is 0. The first kappa shape index (κ1) is 6.83. The summed E-state index contributed by atoms with van der Waals surface area (Å²) in [5, 5.41) is 0. The van der Waals surface area contributed by atoms with E-state index in [1.54, 1.807) is 6.08 Å². The molecule has 1 rings (SSSR count). The summed E-state index contributed by atoms with van der Waals surface area (Å²) >= 11 is 0. The van der Waals surface area contributed by atoms with Crippen molar-refractivity contribution in [2.45, 2.75) is 0 Å². The Bertz CT molecular complexity index is 206. The largest absolute Gasteiger partial charge is 0.419 e. The van der Waals surface area contributed by atoms with Crippen LogP contribution in [-0.4, -0.2) is 0 Å². The smallest absolute Gasteiger partial charge is 0.111 e. The van der Waals surface area contributed by atoms with E-state index in [1.165, 1.54) is 6.26 Å². The van der Waals surface area contributed by atoms with Crippen LogP contribution in [0, 0.1) is 0 Å². The third-order valence-electron chi connectivity index (χ3n) is 1.14. The van der Waals surface area contributed by atoms with Crippen LogP contribution in [0.5, 0.6) is 0 Å². The summed E-state index contributed by atoms with van der Waals surface area (Å²) in [6.07, 6.45) is 3.23. The van der Waals surface area contributed by atoms with Gasteiger partial charge in [0.05, 0.1) is 0 Å². The van der Waals surface area contributed by atoms with Crippen molar-refractivity contribution in [1.29, 1.82) is 0 Å². The summed E-state index contributed by atoms with van der Waals surface area (Å²) in [4.78, 5) is 4.27. The van der Waals surface area contributed by atoms with Gasteiger partial charge in [-0.05, 0) is 11.6 Å². The third kappa shape index (κ3) is 1.91. The predicted octanol–water partition coefficient (Wildman–Crippen LogP) is 1.55. The Labute approximate surface area is 59.9 Å². The summed E-state index contributed by atoms with van der Waals surface area (Å²) in [7, 11) is 0. The van der Waals surface area contributed by atoms with Crippen LogP contribution >= 0.6 is 0 Å². The summed E-state index contributed by atoms with van der Waals surface area (Å²) in [5.74, 6) is 4.79. The van der Waals surface area contributed by atoms with Gasteiger partial charge in [-0.25, -0.2) is 0 Å². The molecular weight excluding hydrogens is 126 g/mol. The molecule has 0 bridgehead atoms. The van der Waals surface area contributed by atoms with Crippen LogP contribution in [0.25, 0.3) is 6.08 Å². The average molecular weight is 135 g/mol. The Morgan fingerprint density at radius 2 is 1.90 bits per heavy atom. The molecule has 0 unspecified atom stereocenters. The summed E-state index contributed by atoms with van der Waals surface area (Å²) in [6, 6.07) is 9.80. The lowest BCUT2D eigenvalue weighted by molar-refractivity contribution is 0.264. The van der Waals surface area contributed by atoms with E-state index in [2.05, 4.69) is 4.84 Å². The Hall–Kier alpha value is -1.28. The fraction of sp³-hybridized carbons (Fsp3) is 0. The molecule has 0 atom stereocenters. The van der Waals surface area contributed by atoms with Crippen molar-refractivity contribution in [3.8, 4) is 0 Å². The molecule has 0 saturated carbocycles. The van der Waals surface area contributed by atoms with E-state index >= 15 is 0 Å². The van der Waals surface area contributed by atoms with E-state index in [9.17, 15) is 0 Å². The topological polar surface area (TPSA) is 35.2 Å². The molecule has 0 aromatic heterocycles. The van der Waals surface area contributed by atoms with Crippen molar-refractivity contribution in [3.63, 3.8) is 0 Å². The van der Waals surface area contributed by atoms with Crippen molar-refractivity contribution in [3.05, 3.63) is 42.2 Å². The SMILES string of the molecule is NO/C=C/c1ccccc1. The second-order valence-electron chi connectivity index (χ2n) is 1.85. The van der Waals surface area contributed by atoms with Crippen molar-refractivity contribution in [2.75, 3.05) is 0 Å². The summed E-state index contributed by atoms with van der Waals surface area (Å²) < 4.78 is 0. The molecule has 1 aromatic rings. The van der Waals surface area contributed by atoms with Gasteiger partial charge in [0.15, 0.2) is 0 Å². The molecule has 10 heavy (non-hydrogen) atoms. The van der Waals surface area contributed by atoms with E-state index in [-0.39, 0.29) is 0 Å². The van der Waals surface area contributed by atoms with E-state index < -0.39 is 0 Å². The lowest BCUT2D eigenvalue weighted by Gasteiger charge is -1.89. The monoisotopic (exact) mass is 135 g/mol. The van der Waals surface area contributed by atoms with Crippen LogP contribution in [0.2, 0.25) is 0 Å². The molecule has 0 saturated heterocycles. The van der Waals surface area contributed by atoms with Crippen LogP contribution in [-0.2, 0) is 4.84 Å². The molecule has 0 aliphatic carbocycles. The maximum Gasteiger partial charge on any atom is 0.111 e. The molecule has 1 aromatic carbocycles. The van der Waals surface area contributed by atoms with Crippen molar-refractivity contribution >= 4 is 6.08 Å². The molecule has 0 amide bonds. The first-order valence-corrected chi connectivity index (χ1v) is 3.00. The molecule has 2 nitrogen and oxygen atoms in total. The lowest BCUT2D eigenvalue weighted by Crippen LogP contribution is -1.87. The van der Waals surface area contributed by atoms with Gasteiger partial charge in [-0.1, -0.05) is 30.3 Å². The number of nitrogens with two attached hydrogens (primary N) is 1. The van der Waals surface area contributed by atoms with Gasteiger partial charge in [0.1, 0.15) is 6.26 Å². The zero-order valence-electron chi connectivity index (χ0n) is 5.53. The first-order chi connectivity index (χ1) is 4.93. The highest BCUT2D eigenvalue weighted by Crippen LogP contribution is 1.99. The molecule has 2 N–H and O–H groups in total. The minimum absolute atomic E-state index is 1.08. The highest BCUT2D eigenvalue weighted by Gasteiger charge is 1.79. The molecule has 0 spiro atoms. The minimum atomic E-state index is 1.08. The maximum atomic E-state index is 4.79. The lowest BCUT2D eigenvalue weighted by atomic mass is 10.2. The normalized spacial score (nSPS) is 10.1. The molecule has 0 aliphatic rings. The molecule has 52 valence electrons. The zero-order chi connectivity index (χ0) is 7.23. The van der Waals surface area contributed by atoms with E-state index in [0.29, 0.717) is 0 Å². The van der Waals surface area contributed by atoms with Crippen LogP contribution in [0.4, 0.5) is 0 Å². The van der Waals surface area contributed by atoms with E-state index in [0.717, 1.165) is 5.56 Å². The number of rotatable bonds is 2. The molecule has 0 aliphatic heterocycles. The molecule has 2 heteroatoms. The highest BCUT2D eigenvalue weighted by molar-refractivity contribution is 5.47. The Balaban J connectivity index is 2.67. The number of benzene rings is 1. The van der Waals surface area contributed by atoms with Crippen molar-refractivity contribution < 1.29 is 4.84 Å². The second-order valence-corrected chi connectivity index (χ2v) is 1.85. The average Bonchev–Trinajstić information content (AvgIpc) is 2.03. The van der Waals surface area contributed by atoms with Crippen molar-refractivity contribution in [1.82, 2.24) is 0 Å². The molecule has 0 radical (unpaired) electrons. The Morgan fingerprint density at radius 3 is 2.50 bits per heavy atom. The van der Waals surface area contributed by atoms with Gasteiger partial charge in [-0.15, -0.1) is 0 Å². The highest BCUT2D eigenvalue weighted by atomic mass is 16.6. The van der Waals surface area contributed by atoms with E-state index in [1.807, 2.05) is 30.3 Å². The maximum absolute atomic E-state index is 4.79. The van der Waals surface area contributed by atoms with Crippen molar-refractivity contribution in [2.24, 2.45) is 5.90 Å². The van der Waals surface area contributed by atoms with Crippen LogP contribution < -0.4 is 5.90 Å². The van der Waals surface area contributed by atoms with Gasteiger partial charge in [0.25, 0.3) is 0 Å². The third-order valence-corrected chi connectivity index (χ3v) is 1.14. The van der Waals surface area contributed by atoms with Crippen LogP contribution in [0.15, 0.2) is 36.6 Å². The minimum Gasteiger partial charge on any atom is -0.419 e. The molecular formula is C8H9NO. The predicted molar refractivity (Wildman–Crippen MR) is 40.7 cm³/mol. The van der Waals surface area contributed by atoms with Crippen LogP contribution in [0.1, 0.15) is 5.56 Å². The summed E-state index contributed by atoms with van der Waals surface area (Å²) in [5.41, 5.74) is 1.08. The zero-order valence-corrected chi connectivity index (χ0v) is 5.53. The van der Waals surface area contributed by atoms with Gasteiger partial charge >= 0.3 is 0 Å². The molecule has 0 fully saturated rings. The van der Waals surface area contributed by atoms with Gasteiger partial charge in [-0.3, -0.25) is 0 Å². The fourth-order valence-corrected chi connectivity index (χ4v) is 0.682. The quantitative estimate of drug-likeness (QED) is 0.493. The molecule has 0 heterocycles. The fourth-order valence-electron chi connectivity index (χ4n) is 0.682. The van der Waals surface area contributed by atoms with Gasteiger partial charge in [0, 0.05) is 0 Å². The van der Waals surface area contributed by atoms with E-state index in [4.69, 9.17) is 5.90 Å². The number of hydrogen-bond acceptors (Lipinski definition) is 2.